The Hall–Kier alpha value is -2.35. The first kappa shape index (κ1) is 16.0. The number of imide groups is 1. The van der Waals surface area contributed by atoms with Crippen molar-refractivity contribution in [2.45, 2.75) is 6.92 Å². The van der Waals surface area contributed by atoms with Gasteiger partial charge in [-0.2, -0.15) is 4.39 Å². The Bertz CT molecular complexity index is 706. The predicted octanol–water partition coefficient (Wildman–Crippen LogP) is 3.46. The summed E-state index contributed by atoms with van der Waals surface area (Å²) >= 11 is 0.804. The van der Waals surface area contributed by atoms with Crippen molar-refractivity contribution < 1.29 is 22.8 Å². The van der Waals surface area contributed by atoms with Crippen LogP contribution in [0.15, 0.2) is 23.6 Å². The average molecular weight is 328 g/mol. The number of hydrogen-bond donors (Lipinski definition) is 1. The fourth-order valence-corrected chi connectivity index (χ4v) is 2.66. The molecule has 0 saturated heterocycles. The molecule has 0 aliphatic heterocycles. The highest BCUT2D eigenvalue weighted by atomic mass is 32.1. The molecule has 0 unspecified atom stereocenters. The minimum Gasteiger partial charge on any atom is -0.293 e. The number of halogens is 3. The molecule has 4 nitrogen and oxygen atoms in total. The summed E-state index contributed by atoms with van der Waals surface area (Å²) in [5.41, 5.74) is -0.360. The summed E-state index contributed by atoms with van der Waals surface area (Å²) in [5.74, 6) is -3.42. The average Bonchev–Trinajstić information content (AvgIpc) is 2.77. The molecular formula is C14H11F3N2O2S. The van der Waals surface area contributed by atoms with Crippen LogP contribution >= 0.6 is 11.3 Å². The first-order valence-corrected chi connectivity index (χ1v) is 6.97. The van der Waals surface area contributed by atoms with Gasteiger partial charge in [-0.15, -0.1) is 11.3 Å². The van der Waals surface area contributed by atoms with Crippen molar-refractivity contribution in [3.63, 3.8) is 0 Å². The molecule has 0 atom stereocenters. The van der Waals surface area contributed by atoms with E-state index >= 15 is 0 Å². The highest BCUT2D eigenvalue weighted by molar-refractivity contribution is 7.08. The summed E-state index contributed by atoms with van der Waals surface area (Å²) < 4.78 is 40.5. The van der Waals surface area contributed by atoms with E-state index in [-0.39, 0.29) is 5.69 Å². The van der Waals surface area contributed by atoms with Crippen LogP contribution in [0.4, 0.5) is 23.7 Å². The standard InChI is InChI=1S/C14H11F3N2O2S/c1-7-6-22-12(17)11(7)19(2)14(21)18-13(20)10-8(15)4-3-5-9(10)16/h3-6H,1-2H3,(H,18,20,21). The molecule has 3 amide bonds. The molecule has 1 N–H and O–H groups in total. The van der Waals surface area contributed by atoms with E-state index < -0.39 is 34.3 Å². The summed E-state index contributed by atoms with van der Waals surface area (Å²) in [5, 5.41) is 2.74. The monoisotopic (exact) mass is 328 g/mol. The van der Waals surface area contributed by atoms with Crippen molar-refractivity contribution in [1.29, 1.82) is 0 Å². The molecule has 0 aliphatic rings. The Morgan fingerprint density at radius 1 is 1.18 bits per heavy atom. The van der Waals surface area contributed by atoms with Gasteiger partial charge in [0.2, 0.25) is 5.13 Å². The molecule has 22 heavy (non-hydrogen) atoms. The van der Waals surface area contributed by atoms with Gasteiger partial charge in [-0.25, -0.2) is 13.6 Å². The number of hydrogen-bond acceptors (Lipinski definition) is 3. The summed E-state index contributed by atoms with van der Waals surface area (Å²) in [7, 11) is 1.25. The maximum absolute atomic E-state index is 13.6. The number of urea groups is 1. The number of nitrogens with zero attached hydrogens (tertiary/aromatic N) is 1. The van der Waals surface area contributed by atoms with Crippen LogP contribution in [0.5, 0.6) is 0 Å². The Balaban J connectivity index is 2.20. The topological polar surface area (TPSA) is 49.4 Å². The summed E-state index contributed by atoms with van der Waals surface area (Å²) in [6.45, 7) is 1.59. The fraction of sp³-hybridized carbons (Fsp3) is 0.143. The van der Waals surface area contributed by atoms with E-state index in [0.29, 0.717) is 5.56 Å². The van der Waals surface area contributed by atoms with Crippen LogP contribution in [0.3, 0.4) is 0 Å². The third-order valence-corrected chi connectivity index (χ3v) is 3.82. The van der Waals surface area contributed by atoms with Gasteiger partial charge in [-0.3, -0.25) is 15.0 Å². The molecule has 0 spiro atoms. The number of anilines is 1. The molecular weight excluding hydrogens is 317 g/mol. The Morgan fingerprint density at radius 2 is 1.77 bits per heavy atom. The molecule has 1 heterocycles. The number of thiophene rings is 1. The van der Waals surface area contributed by atoms with Crippen molar-refractivity contribution in [2.75, 3.05) is 11.9 Å². The van der Waals surface area contributed by atoms with E-state index in [1.807, 2.05) is 5.32 Å². The molecule has 116 valence electrons. The highest BCUT2D eigenvalue weighted by Gasteiger charge is 2.24. The van der Waals surface area contributed by atoms with Crippen molar-refractivity contribution in [1.82, 2.24) is 5.32 Å². The largest absolute Gasteiger partial charge is 0.328 e. The molecule has 0 bridgehead atoms. The van der Waals surface area contributed by atoms with Gasteiger partial charge >= 0.3 is 6.03 Å². The van der Waals surface area contributed by atoms with Crippen LogP contribution in [-0.2, 0) is 0 Å². The minimum absolute atomic E-state index is 0.00399. The molecule has 0 saturated carbocycles. The SMILES string of the molecule is Cc1csc(F)c1N(C)C(=O)NC(=O)c1c(F)cccc1F. The first-order valence-electron chi connectivity index (χ1n) is 6.09. The number of nitrogens with one attached hydrogen (secondary N) is 1. The molecule has 1 aromatic carbocycles. The molecule has 8 heteroatoms. The van der Waals surface area contributed by atoms with Gasteiger partial charge in [-0.1, -0.05) is 6.07 Å². The van der Waals surface area contributed by atoms with Crippen molar-refractivity contribution in [3.8, 4) is 0 Å². The van der Waals surface area contributed by atoms with Crippen molar-refractivity contribution in [3.05, 3.63) is 51.5 Å². The highest BCUT2D eigenvalue weighted by Crippen LogP contribution is 2.28. The first-order chi connectivity index (χ1) is 10.3. The number of rotatable bonds is 2. The van der Waals surface area contributed by atoms with Gasteiger partial charge in [0, 0.05) is 7.05 Å². The zero-order valence-electron chi connectivity index (χ0n) is 11.6. The summed E-state index contributed by atoms with van der Waals surface area (Å²) in [6.07, 6.45) is 0. The van der Waals surface area contributed by atoms with E-state index in [2.05, 4.69) is 0 Å². The maximum Gasteiger partial charge on any atom is 0.328 e. The number of benzene rings is 1. The lowest BCUT2D eigenvalue weighted by Gasteiger charge is -2.17. The molecule has 2 rings (SSSR count). The van der Waals surface area contributed by atoms with Crippen LogP contribution in [0.1, 0.15) is 15.9 Å². The second-order valence-electron chi connectivity index (χ2n) is 4.46. The second kappa shape index (κ2) is 6.18. The van der Waals surface area contributed by atoms with E-state index in [1.165, 1.54) is 12.4 Å². The summed E-state index contributed by atoms with van der Waals surface area (Å²) in [4.78, 5) is 24.6. The third-order valence-electron chi connectivity index (χ3n) is 2.95. The molecule has 0 radical (unpaired) electrons. The third kappa shape index (κ3) is 2.96. The number of amides is 3. The van der Waals surface area contributed by atoms with Gasteiger partial charge in [0.25, 0.3) is 5.91 Å². The normalized spacial score (nSPS) is 10.4. The van der Waals surface area contributed by atoms with Crippen molar-refractivity contribution >= 4 is 29.0 Å². The molecule has 0 fully saturated rings. The Kier molecular flexibility index (Phi) is 4.51. The molecule has 2 aromatic rings. The quantitative estimate of drug-likeness (QED) is 0.918. The number of carbonyl (C=O) groups is 2. The van der Waals surface area contributed by atoms with Crippen molar-refractivity contribution in [2.24, 2.45) is 0 Å². The smallest absolute Gasteiger partial charge is 0.293 e. The maximum atomic E-state index is 13.6. The minimum atomic E-state index is -1.24. The Labute approximate surface area is 128 Å². The predicted molar refractivity (Wildman–Crippen MR) is 76.6 cm³/mol. The van der Waals surface area contributed by atoms with Crippen LogP contribution in [0.25, 0.3) is 0 Å². The molecule has 1 aromatic heterocycles. The van der Waals surface area contributed by atoms with Crippen LogP contribution in [0.2, 0.25) is 0 Å². The van der Waals surface area contributed by atoms with Gasteiger partial charge in [-0.05, 0) is 30.0 Å². The van der Waals surface area contributed by atoms with Gasteiger partial charge in [0.05, 0.1) is 5.69 Å². The lowest BCUT2D eigenvalue weighted by molar-refractivity contribution is 0.0957. The second-order valence-corrected chi connectivity index (χ2v) is 5.29. The number of carbonyl (C=O) groups excluding carboxylic acids is 2. The number of aryl methyl sites for hydroxylation is 1. The Morgan fingerprint density at radius 3 is 2.27 bits per heavy atom. The van der Waals surface area contributed by atoms with E-state index in [4.69, 9.17) is 0 Å². The van der Waals surface area contributed by atoms with Crippen LogP contribution in [-0.4, -0.2) is 19.0 Å². The zero-order valence-corrected chi connectivity index (χ0v) is 12.4. The lowest BCUT2D eigenvalue weighted by Crippen LogP contribution is -2.41. The van der Waals surface area contributed by atoms with Gasteiger partial charge in [0.15, 0.2) is 0 Å². The van der Waals surface area contributed by atoms with Crippen LogP contribution < -0.4 is 10.2 Å². The van der Waals surface area contributed by atoms with E-state index in [0.717, 1.165) is 34.4 Å². The molecule has 0 aliphatic carbocycles. The van der Waals surface area contributed by atoms with E-state index in [9.17, 15) is 22.8 Å². The lowest BCUT2D eigenvalue weighted by atomic mass is 10.2. The zero-order chi connectivity index (χ0) is 16.4. The van der Waals surface area contributed by atoms with Crippen LogP contribution in [0, 0.1) is 23.7 Å². The fourth-order valence-electron chi connectivity index (χ4n) is 1.86. The summed E-state index contributed by atoms with van der Waals surface area (Å²) in [6, 6.07) is 1.90. The van der Waals surface area contributed by atoms with Gasteiger partial charge in [0.1, 0.15) is 17.2 Å². The van der Waals surface area contributed by atoms with E-state index in [1.54, 1.807) is 6.92 Å². The van der Waals surface area contributed by atoms with Gasteiger partial charge < -0.3 is 0 Å².